The molecule has 1 N–H and O–H groups in total. The van der Waals surface area contributed by atoms with Gasteiger partial charge in [0.2, 0.25) is 5.88 Å². The lowest BCUT2D eigenvalue weighted by atomic mass is 9.47. The van der Waals surface area contributed by atoms with Crippen LogP contribution in [-0.2, 0) is 4.79 Å². The number of hydrogen-bond acceptors (Lipinski definition) is 5. The van der Waals surface area contributed by atoms with Crippen LogP contribution in [0.25, 0.3) is 0 Å². The predicted molar refractivity (Wildman–Crippen MR) is 113 cm³/mol. The van der Waals surface area contributed by atoms with Crippen LogP contribution in [0.15, 0.2) is 18.3 Å². The van der Waals surface area contributed by atoms with Gasteiger partial charge in [-0.25, -0.2) is 9.78 Å². The summed E-state index contributed by atoms with van der Waals surface area (Å²) in [7, 11) is 0. The molecule has 2 saturated heterocycles. The fourth-order valence-corrected chi connectivity index (χ4v) is 7.88. The molecule has 3 atom stereocenters. The Morgan fingerprint density at radius 3 is 2.72 bits per heavy atom. The minimum atomic E-state index is -0.636. The molecule has 3 unspecified atom stereocenters. The summed E-state index contributed by atoms with van der Waals surface area (Å²) in [5.41, 5.74) is -0.430. The predicted octanol–water partition coefficient (Wildman–Crippen LogP) is 2.88. The highest BCUT2D eigenvalue weighted by Gasteiger charge is 2.63. The van der Waals surface area contributed by atoms with Gasteiger partial charge in [0.1, 0.15) is 12.7 Å². The number of aromatic nitrogens is 1. The van der Waals surface area contributed by atoms with Gasteiger partial charge >= 0.3 is 12.0 Å². The molecular formula is C24H28N4O4. The Morgan fingerprint density at radius 1 is 1.28 bits per heavy atom. The highest BCUT2D eigenvalue weighted by molar-refractivity contribution is 5.80. The van der Waals surface area contributed by atoms with Gasteiger partial charge in [-0.05, 0) is 68.8 Å². The first kappa shape index (κ1) is 19.8. The van der Waals surface area contributed by atoms with Crippen molar-refractivity contribution in [3.8, 4) is 11.9 Å². The number of amides is 2. The number of carboxylic acids is 1. The summed E-state index contributed by atoms with van der Waals surface area (Å²) >= 11 is 0. The molecule has 6 aliphatic rings. The Balaban J connectivity index is 1.22. The van der Waals surface area contributed by atoms with Gasteiger partial charge < -0.3 is 19.6 Å². The van der Waals surface area contributed by atoms with E-state index in [1.165, 1.54) is 6.20 Å². The Kier molecular flexibility index (Phi) is 4.24. The van der Waals surface area contributed by atoms with E-state index in [9.17, 15) is 14.7 Å². The summed E-state index contributed by atoms with van der Waals surface area (Å²) < 4.78 is 6.02. The molecule has 7 rings (SSSR count). The van der Waals surface area contributed by atoms with Crippen LogP contribution in [0.2, 0.25) is 0 Å². The van der Waals surface area contributed by atoms with E-state index < -0.39 is 11.4 Å². The minimum Gasteiger partial charge on any atom is -0.481 e. The quantitative estimate of drug-likeness (QED) is 0.761. The highest BCUT2D eigenvalue weighted by atomic mass is 16.5. The maximum absolute atomic E-state index is 13.6. The van der Waals surface area contributed by atoms with Gasteiger partial charge in [0.05, 0.1) is 16.5 Å². The van der Waals surface area contributed by atoms with E-state index in [-0.39, 0.29) is 17.6 Å². The number of urea groups is 1. The van der Waals surface area contributed by atoms with Crippen molar-refractivity contribution >= 4 is 12.0 Å². The Morgan fingerprint density at radius 2 is 2.06 bits per heavy atom. The fraction of sp³-hybridized carbons (Fsp3) is 0.667. The van der Waals surface area contributed by atoms with Crippen LogP contribution in [-0.4, -0.2) is 63.2 Å². The summed E-state index contributed by atoms with van der Waals surface area (Å²) in [6.45, 7) is 1.77. The molecule has 4 bridgehead atoms. The lowest BCUT2D eigenvalue weighted by Gasteiger charge is -2.60. The van der Waals surface area contributed by atoms with Crippen molar-refractivity contribution in [3.63, 3.8) is 0 Å². The Labute approximate surface area is 187 Å². The van der Waals surface area contributed by atoms with Gasteiger partial charge in [0.25, 0.3) is 0 Å². The van der Waals surface area contributed by atoms with Gasteiger partial charge in [0, 0.05) is 31.4 Å². The summed E-state index contributed by atoms with van der Waals surface area (Å²) in [5, 5.41) is 18.9. The van der Waals surface area contributed by atoms with Gasteiger partial charge in [-0.1, -0.05) is 0 Å². The van der Waals surface area contributed by atoms with Crippen molar-refractivity contribution in [3.05, 3.63) is 23.9 Å². The summed E-state index contributed by atoms with van der Waals surface area (Å²) in [6.07, 6.45) is 7.71. The van der Waals surface area contributed by atoms with Gasteiger partial charge in [-0.3, -0.25) is 4.79 Å². The molecule has 0 radical (unpaired) electrons. The Bertz CT molecular complexity index is 988. The molecular weight excluding hydrogens is 408 g/mol. The number of hydrogen-bond donors (Lipinski definition) is 1. The zero-order chi connectivity index (χ0) is 22.1. The zero-order valence-corrected chi connectivity index (χ0v) is 18.1. The van der Waals surface area contributed by atoms with Crippen LogP contribution in [0, 0.1) is 34.5 Å². The first-order valence-corrected chi connectivity index (χ1v) is 11.7. The first-order chi connectivity index (χ1) is 15.4. The molecule has 2 amide bonds. The molecule has 6 fully saturated rings. The number of pyridine rings is 1. The minimum absolute atomic E-state index is 0.0979. The van der Waals surface area contributed by atoms with E-state index in [0.717, 1.165) is 38.6 Å². The third-order valence-electron chi connectivity index (χ3n) is 8.93. The number of nitrogens with zero attached hydrogens (tertiary/aromatic N) is 4. The Hall–Kier alpha value is -2.82. The van der Waals surface area contributed by atoms with E-state index >= 15 is 0 Å². The molecule has 1 aromatic heterocycles. The summed E-state index contributed by atoms with van der Waals surface area (Å²) in [6, 6.07) is 5.69. The average Bonchev–Trinajstić information content (AvgIpc) is 3.30. The number of ether oxygens (including phenoxy) is 1. The van der Waals surface area contributed by atoms with E-state index in [1.54, 1.807) is 12.1 Å². The maximum Gasteiger partial charge on any atom is 0.321 e. The molecule has 0 spiro atoms. The van der Waals surface area contributed by atoms with Crippen LogP contribution in [0.1, 0.15) is 50.5 Å². The van der Waals surface area contributed by atoms with E-state index in [1.807, 2.05) is 4.90 Å². The molecule has 2 aliphatic heterocycles. The molecule has 8 nitrogen and oxygen atoms in total. The largest absolute Gasteiger partial charge is 0.481 e. The summed E-state index contributed by atoms with van der Waals surface area (Å²) in [5.74, 6) is 0.911. The second-order valence-corrected chi connectivity index (χ2v) is 10.7. The number of nitriles is 1. The summed E-state index contributed by atoms with van der Waals surface area (Å²) in [4.78, 5) is 33.9. The van der Waals surface area contributed by atoms with E-state index in [0.29, 0.717) is 55.2 Å². The molecule has 168 valence electrons. The normalized spacial score (nSPS) is 39.3. The maximum atomic E-state index is 13.6. The van der Waals surface area contributed by atoms with Crippen molar-refractivity contribution in [2.45, 2.75) is 56.5 Å². The first-order valence-electron chi connectivity index (χ1n) is 11.7. The topological polar surface area (TPSA) is 107 Å². The van der Waals surface area contributed by atoms with Gasteiger partial charge in [0.15, 0.2) is 0 Å². The van der Waals surface area contributed by atoms with E-state index in [2.05, 4.69) is 16.0 Å². The van der Waals surface area contributed by atoms with Crippen LogP contribution >= 0.6 is 0 Å². The molecule has 0 aromatic carbocycles. The SMILES string of the molecule is N#Cc1ccc(OCC23CCCN2C(=O)N(C2C4CC5CC2CC(C(=O)O)(C5)C4)C3)nc1. The fourth-order valence-electron chi connectivity index (χ4n) is 7.88. The van der Waals surface area contributed by atoms with Crippen molar-refractivity contribution in [1.82, 2.24) is 14.8 Å². The van der Waals surface area contributed by atoms with E-state index in [4.69, 9.17) is 10.00 Å². The van der Waals surface area contributed by atoms with Crippen LogP contribution < -0.4 is 4.74 Å². The number of carbonyl (C=O) groups excluding carboxylic acids is 1. The third kappa shape index (κ3) is 2.76. The number of aliphatic carboxylic acids is 1. The molecule has 8 heteroatoms. The standard InChI is InChI=1S/C24H28N4O4/c25-11-15-2-3-19(26-12-15)32-14-24-4-1-5-28(24)22(31)27(13-24)20-17-6-16-7-18(20)10-23(8-16,9-17)21(29)30/h2-3,12,16-18,20H,1,4-10,13-14H2,(H,29,30). The lowest BCUT2D eigenvalue weighted by Crippen LogP contribution is -2.61. The highest BCUT2D eigenvalue weighted by Crippen LogP contribution is 2.62. The smallest absolute Gasteiger partial charge is 0.321 e. The number of rotatable bonds is 5. The molecule has 4 aliphatic carbocycles. The molecule has 4 saturated carbocycles. The van der Waals surface area contributed by atoms with Crippen molar-refractivity contribution in [1.29, 1.82) is 5.26 Å². The van der Waals surface area contributed by atoms with Crippen molar-refractivity contribution in [2.24, 2.45) is 23.2 Å². The van der Waals surface area contributed by atoms with Gasteiger partial charge in [-0.15, -0.1) is 0 Å². The van der Waals surface area contributed by atoms with Crippen LogP contribution in [0.5, 0.6) is 5.88 Å². The second kappa shape index (κ2) is 6.84. The molecule has 1 aromatic rings. The number of carboxylic acid groups (broad SMARTS) is 1. The average molecular weight is 437 g/mol. The number of carbonyl (C=O) groups is 2. The molecule has 3 heterocycles. The molecule has 32 heavy (non-hydrogen) atoms. The zero-order valence-electron chi connectivity index (χ0n) is 18.1. The van der Waals surface area contributed by atoms with Crippen LogP contribution in [0.3, 0.4) is 0 Å². The van der Waals surface area contributed by atoms with Crippen molar-refractivity contribution < 1.29 is 19.4 Å². The third-order valence-corrected chi connectivity index (χ3v) is 8.93. The number of fused-ring (bicyclic) bond motifs is 1. The monoisotopic (exact) mass is 436 g/mol. The van der Waals surface area contributed by atoms with Crippen LogP contribution in [0.4, 0.5) is 4.79 Å². The van der Waals surface area contributed by atoms with Crippen molar-refractivity contribution in [2.75, 3.05) is 19.7 Å². The lowest BCUT2D eigenvalue weighted by molar-refractivity contribution is -0.170. The van der Waals surface area contributed by atoms with Gasteiger partial charge in [-0.2, -0.15) is 5.26 Å². The second-order valence-electron chi connectivity index (χ2n) is 10.7.